The molecule has 1 fully saturated rings. The number of hydrogen-bond donors (Lipinski definition) is 0. The maximum Gasteiger partial charge on any atom is 0.164 e. The van der Waals surface area contributed by atoms with Crippen molar-refractivity contribution >= 4 is 28.3 Å². The van der Waals surface area contributed by atoms with Gasteiger partial charge in [-0.3, -0.25) is 0 Å². The first-order valence-electron chi connectivity index (χ1n) is 3.77. The van der Waals surface area contributed by atoms with Crippen molar-refractivity contribution in [3.8, 4) is 0 Å². The third-order valence-corrected chi connectivity index (χ3v) is 3.22. The zero-order valence-corrected chi connectivity index (χ0v) is 8.91. The van der Waals surface area contributed by atoms with Gasteiger partial charge in [0.05, 0.1) is 0 Å². The van der Waals surface area contributed by atoms with E-state index in [-0.39, 0.29) is 6.29 Å². The van der Waals surface area contributed by atoms with Crippen LogP contribution in [0.15, 0.2) is 0 Å². The van der Waals surface area contributed by atoms with Crippen molar-refractivity contribution in [2.45, 2.75) is 12.7 Å². The predicted molar refractivity (Wildman–Crippen MR) is 54.2 cm³/mol. The van der Waals surface area contributed by atoms with Crippen molar-refractivity contribution in [2.75, 3.05) is 26.6 Å². The molecule has 0 radical (unpaired) electrons. The molecule has 0 spiro atoms. The van der Waals surface area contributed by atoms with Gasteiger partial charge in [0, 0.05) is 26.3 Å². The van der Waals surface area contributed by atoms with Gasteiger partial charge in [-0.2, -0.15) is 0 Å². The molecule has 12 heavy (non-hydrogen) atoms. The molecule has 0 unspecified atom stereocenters. The molecule has 0 N–H and O–H groups in total. The smallest absolute Gasteiger partial charge is 0.164 e. The number of ether oxygens (including phenoxy) is 2. The lowest BCUT2D eigenvalue weighted by Gasteiger charge is -2.26. The Morgan fingerprint density at radius 1 is 1.58 bits per heavy atom. The molecule has 0 aliphatic carbocycles. The standard InChI is InChI=1S/C7H13NO2S2/c1-8(2)7(11)12-4-3-6-9-5-10-6/h6H,3-5H2,1-2H3. The van der Waals surface area contributed by atoms with Gasteiger partial charge in [0.2, 0.25) is 0 Å². The van der Waals surface area contributed by atoms with Gasteiger partial charge >= 0.3 is 0 Å². The molecule has 0 saturated carbocycles. The zero-order valence-electron chi connectivity index (χ0n) is 7.28. The summed E-state index contributed by atoms with van der Waals surface area (Å²) in [5, 5.41) is 0. The maximum atomic E-state index is 5.09. The van der Waals surface area contributed by atoms with Crippen LogP contribution in [0.2, 0.25) is 0 Å². The molecular weight excluding hydrogens is 194 g/mol. The van der Waals surface area contributed by atoms with E-state index in [4.69, 9.17) is 21.7 Å². The Balaban J connectivity index is 1.97. The first kappa shape index (κ1) is 10.2. The molecule has 0 aromatic heterocycles. The molecule has 0 aromatic carbocycles. The third kappa shape index (κ3) is 3.26. The summed E-state index contributed by atoms with van der Waals surface area (Å²) < 4.78 is 11.1. The molecule has 0 atom stereocenters. The largest absolute Gasteiger partial charge is 0.364 e. The second kappa shape index (κ2) is 5.01. The zero-order chi connectivity index (χ0) is 8.97. The van der Waals surface area contributed by atoms with Gasteiger partial charge in [0.25, 0.3) is 0 Å². The molecule has 1 heterocycles. The Bertz CT molecular complexity index is 159. The van der Waals surface area contributed by atoms with Gasteiger partial charge in [-0.25, -0.2) is 0 Å². The molecule has 0 amide bonds. The molecule has 0 aromatic rings. The van der Waals surface area contributed by atoms with Crippen LogP contribution in [-0.2, 0) is 9.47 Å². The van der Waals surface area contributed by atoms with Crippen molar-refractivity contribution in [1.82, 2.24) is 4.90 Å². The van der Waals surface area contributed by atoms with E-state index in [1.54, 1.807) is 11.8 Å². The Labute approximate surface area is 82.4 Å². The summed E-state index contributed by atoms with van der Waals surface area (Å²) in [6, 6.07) is 0. The Morgan fingerprint density at radius 3 is 2.67 bits per heavy atom. The van der Waals surface area contributed by atoms with E-state index in [1.807, 2.05) is 19.0 Å². The Kier molecular flexibility index (Phi) is 4.28. The summed E-state index contributed by atoms with van der Waals surface area (Å²) in [4.78, 5) is 1.93. The van der Waals surface area contributed by atoms with Gasteiger partial charge in [-0.15, -0.1) is 0 Å². The summed E-state index contributed by atoms with van der Waals surface area (Å²) in [5.74, 6) is 0.960. The average Bonchev–Trinajstić information content (AvgIpc) is 1.93. The summed E-state index contributed by atoms with van der Waals surface area (Å²) in [7, 11) is 3.90. The maximum absolute atomic E-state index is 5.09. The van der Waals surface area contributed by atoms with Gasteiger partial charge in [-0.1, -0.05) is 24.0 Å². The highest BCUT2D eigenvalue weighted by atomic mass is 32.2. The Morgan fingerprint density at radius 2 is 2.25 bits per heavy atom. The summed E-state index contributed by atoms with van der Waals surface area (Å²) in [5.41, 5.74) is 0. The van der Waals surface area contributed by atoms with Gasteiger partial charge in [0.1, 0.15) is 4.32 Å². The normalized spacial score (nSPS) is 17.2. The third-order valence-electron chi connectivity index (χ3n) is 1.45. The van der Waals surface area contributed by atoms with Crippen LogP contribution in [0, 0.1) is 0 Å². The second-order valence-corrected chi connectivity index (χ2v) is 4.41. The van der Waals surface area contributed by atoms with E-state index in [1.165, 1.54) is 0 Å². The predicted octanol–water partition coefficient (Wildman–Crippen LogP) is 1.29. The van der Waals surface area contributed by atoms with Crippen molar-refractivity contribution < 1.29 is 9.47 Å². The van der Waals surface area contributed by atoms with Gasteiger partial charge in [-0.05, 0) is 0 Å². The quantitative estimate of drug-likeness (QED) is 0.648. The summed E-state index contributed by atoms with van der Waals surface area (Å²) in [6.45, 7) is 0.452. The van der Waals surface area contributed by atoms with E-state index in [0.29, 0.717) is 6.79 Å². The minimum atomic E-state index is 0.0162. The molecule has 1 rings (SSSR count). The molecule has 1 aliphatic rings. The topological polar surface area (TPSA) is 21.7 Å². The lowest BCUT2D eigenvalue weighted by Crippen LogP contribution is -2.31. The second-order valence-electron chi connectivity index (χ2n) is 2.68. The fraction of sp³-hybridized carbons (Fsp3) is 0.857. The molecule has 3 nitrogen and oxygen atoms in total. The summed E-state index contributed by atoms with van der Waals surface area (Å²) in [6.07, 6.45) is 0.931. The molecular formula is C7H13NO2S2. The average molecular weight is 207 g/mol. The van der Waals surface area contributed by atoms with E-state index in [9.17, 15) is 0 Å². The van der Waals surface area contributed by atoms with Crippen LogP contribution in [0.3, 0.4) is 0 Å². The molecule has 0 bridgehead atoms. The highest BCUT2D eigenvalue weighted by Crippen LogP contribution is 2.16. The number of thioether (sulfide) groups is 1. The number of thiocarbonyl (C=S) groups is 1. The van der Waals surface area contributed by atoms with E-state index >= 15 is 0 Å². The molecule has 1 aliphatic heterocycles. The minimum Gasteiger partial charge on any atom is -0.364 e. The van der Waals surface area contributed by atoms with Crippen LogP contribution >= 0.6 is 24.0 Å². The van der Waals surface area contributed by atoms with Crippen LogP contribution < -0.4 is 0 Å². The number of nitrogens with zero attached hydrogens (tertiary/aromatic N) is 1. The lowest BCUT2D eigenvalue weighted by molar-refractivity contribution is -0.319. The first-order valence-corrected chi connectivity index (χ1v) is 5.17. The summed E-state index contributed by atoms with van der Waals surface area (Å²) >= 11 is 6.75. The monoisotopic (exact) mass is 207 g/mol. The van der Waals surface area contributed by atoms with Gasteiger partial charge < -0.3 is 14.4 Å². The molecule has 70 valence electrons. The highest BCUT2D eigenvalue weighted by molar-refractivity contribution is 8.22. The van der Waals surface area contributed by atoms with E-state index in [0.717, 1.165) is 16.5 Å². The highest BCUT2D eigenvalue weighted by Gasteiger charge is 2.17. The minimum absolute atomic E-state index is 0.0162. The number of hydrogen-bond acceptors (Lipinski definition) is 4. The first-order chi connectivity index (χ1) is 5.70. The molecule has 5 heteroatoms. The fourth-order valence-corrected chi connectivity index (χ4v) is 1.70. The molecule has 1 saturated heterocycles. The van der Waals surface area contributed by atoms with Gasteiger partial charge in [0.15, 0.2) is 13.1 Å². The van der Waals surface area contributed by atoms with Crippen LogP contribution in [0.5, 0.6) is 0 Å². The van der Waals surface area contributed by atoms with Crippen molar-refractivity contribution in [3.05, 3.63) is 0 Å². The van der Waals surface area contributed by atoms with Crippen molar-refractivity contribution in [3.63, 3.8) is 0 Å². The fourth-order valence-electron chi connectivity index (χ4n) is 0.702. The Hall–Kier alpha value is 0.160. The van der Waals surface area contributed by atoms with Crippen LogP contribution in [0.4, 0.5) is 0 Å². The van der Waals surface area contributed by atoms with Crippen LogP contribution in [-0.4, -0.2) is 42.2 Å². The lowest BCUT2D eigenvalue weighted by atomic mass is 10.4. The SMILES string of the molecule is CN(C)C(=S)SCCC1OCO1. The number of rotatable bonds is 3. The van der Waals surface area contributed by atoms with Crippen LogP contribution in [0.25, 0.3) is 0 Å². The van der Waals surface area contributed by atoms with E-state index in [2.05, 4.69) is 0 Å². The van der Waals surface area contributed by atoms with Crippen LogP contribution in [0.1, 0.15) is 6.42 Å². The van der Waals surface area contributed by atoms with Crippen molar-refractivity contribution in [1.29, 1.82) is 0 Å². The van der Waals surface area contributed by atoms with Crippen molar-refractivity contribution in [2.24, 2.45) is 0 Å². The van der Waals surface area contributed by atoms with E-state index < -0.39 is 0 Å².